The highest BCUT2D eigenvalue weighted by atomic mass is 32.1. The molecule has 2 aliphatic rings. The van der Waals surface area contributed by atoms with Crippen molar-refractivity contribution in [2.75, 3.05) is 11.9 Å². The van der Waals surface area contributed by atoms with Crippen LogP contribution >= 0.6 is 12.2 Å². The van der Waals surface area contributed by atoms with Crippen LogP contribution in [0.15, 0.2) is 24.3 Å². The minimum atomic E-state index is -4.49. The Hall–Kier alpha value is -1.74. The van der Waals surface area contributed by atoms with Gasteiger partial charge in [0, 0.05) is 23.7 Å². The number of para-hydroxylation sites is 1. The van der Waals surface area contributed by atoms with E-state index in [-0.39, 0.29) is 23.1 Å². The molecule has 3 rings (SSSR count). The molecule has 110 valence electrons. The van der Waals surface area contributed by atoms with Crippen LogP contribution in [0.5, 0.6) is 0 Å². The van der Waals surface area contributed by atoms with E-state index in [1.165, 1.54) is 6.07 Å². The van der Waals surface area contributed by atoms with Crippen molar-refractivity contribution in [3.8, 4) is 11.8 Å². The lowest BCUT2D eigenvalue weighted by Crippen LogP contribution is -2.48. The van der Waals surface area contributed by atoms with E-state index in [2.05, 4.69) is 22.5 Å². The second-order valence-corrected chi connectivity index (χ2v) is 5.71. The number of halogens is 3. The SMILES string of the molecule is FC(F)(F)C1(C#CC2CC2)CNC(=S)Nc2ccccc21. The van der Waals surface area contributed by atoms with Crippen LogP contribution in [-0.4, -0.2) is 17.8 Å². The predicted molar refractivity (Wildman–Crippen MR) is 78.9 cm³/mol. The summed E-state index contributed by atoms with van der Waals surface area (Å²) < 4.78 is 41.5. The van der Waals surface area contributed by atoms with Crippen LogP contribution in [0.25, 0.3) is 0 Å². The number of fused-ring (bicyclic) bond motifs is 1. The molecule has 0 spiro atoms. The van der Waals surface area contributed by atoms with Gasteiger partial charge in [0.05, 0.1) is 0 Å². The molecule has 0 saturated heterocycles. The number of alkyl halides is 3. The normalized spacial score (nSPS) is 24.8. The van der Waals surface area contributed by atoms with Gasteiger partial charge in [-0.15, -0.1) is 0 Å². The first kappa shape index (κ1) is 14.2. The van der Waals surface area contributed by atoms with Crippen molar-refractivity contribution in [2.24, 2.45) is 5.92 Å². The molecular weight excluding hydrogens is 297 g/mol. The lowest BCUT2D eigenvalue weighted by molar-refractivity contribution is -0.170. The van der Waals surface area contributed by atoms with Crippen molar-refractivity contribution in [1.82, 2.24) is 5.32 Å². The largest absolute Gasteiger partial charge is 0.410 e. The summed E-state index contributed by atoms with van der Waals surface area (Å²) in [5, 5.41) is 5.62. The van der Waals surface area contributed by atoms with E-state index in [0.717, 1.165) is 12.8 Å². The Balaban J connectivity index is 2.18. The lowest BCUT2D eigenvalue weighted by atomic mass is 9.79. The molecule has 2 N–H and O–H groups in total. The molecule has 1 aliphatic carbocycles. The van der Waals surface area contributed by atoms with Gasteiger partial charge in [0.25, 0.3) is 0 Å². The van der Waals surface area contributed by atoms with Gasteiger partial charge in [-0.05, 0) is 31.1 Å². The molecule has 1 aliphatic heterocycles. The number of benzene rings is 1. The molecule has 0 bridgehead atoms. The highest BCUT2D eigenvalue weighted by molar-refractivity contribution is 7.80. The zero-order valence-corrected chi connectivity index (χ0v) is 11.9. The molecule has 0 radical (unpaired) electrons. The van der Waals surface area contributed by atoms with E-state index < -0.39 is 11.6 Å². The maximum Gasteiger partial charge on any atom is 0.410 e. The van der Waals surface area contributed by atoms with Crippen molar-refractivity contribution in [3.63, 3.8) is 0 Å². The molecule has 1 fully saturated rings. The van der Waals surface area contributed by atoms with E-state index in [9.17, 15) is 13.2 Å². The first-order valence-corrected chi connectivity index (χ1v) is 7.07. The monoisotopic (exact) mass is 310 g/mol. The fraction of sp³-hybridized carbons (Fsp3) is 0.400. The summed E-state index contributed by atoms with van der Waals surface area (Å²) >= 11 is 5.00. The molecule has 6 heteroatoms. The van der Waals surface area contributed by atoms with Crippen molar-refractivity contribution in [3.05, 3.63) is 29.8 Å². The van der Waals surface area contributed by atoms with Crippen molar-refractivity contribution in [2.45, 2.75) is 24.4 Å². The summed E-state index contributed by atoms with van der Waals surface area (Å²) in [5.41, 5.74) is -1.76. The highest BCUT2D eigenvalue weighted by Crippen LogP contribution is 2.44. The van der Waals surface area contributed by atoms with Crippen LogP contribution in [-0.2, 0) is 5.41 Å². The van der Waals surface area contributed by atoms with Crippen molar-refractivity contribution < 1.29 is 13.2 Å². The van der Waals surface area contributed by atoms with Crippen molar-refractivity contribution >= 4 is 23.0 Å². The number of anilines is 1. The first-order valence-electron chi connectivity index (χ1n) is 6.66. The molecule has 1 heterocycles. The Morgan fingerprint density at radius 1 is 1.24 bits per heavy atom. The Morgan fingerprint density at radius 3 is 2.62 bits per heavy atom. The van der Waals surface area contributed by atoms with Crippen LogP contribution in [0.1, 0.15) is 18.4 Å². The summed E-state index contributed by atoms with van der Waals surface area (Å²) in [5.74, 6) is 5.39. The summed E-state index contributed by atoms with van der Waals surface area (Å²) in [6.07, 6.45) is -2.72. The lowest BCUT2D eigenvalue weighted by Gasteiger charge is -2.31. The molecule has 21 heavy (non-hydrogen) atoms. The average Bonchev–Trinajstić information content (AvgIpc) is 3.22. The fourth-order valence-electron chi connectivity index (χ4n) is 2.33. The van der Waals surface area contributed by atoms with Gasteiger partial charge in [0.2, 0.25) is 0 Å². The smallest absolute Gasteiger partial charge is 0.360 e. The topological polar surface area (TPSA) is 24.1 Å². The van der Waals surface area contributed by atoms with Gasteiger partial charge in [-0.3, -0.25) is 0 Å². The summed E-state index contributed by atoms with van der Waals surface area (Å²) in [6, 6.07) is 6.32. The molecule has 0 aromatic heterocycles. The van der Waals surface area contributed by atoms with E-state index >= 15 is 0 Å². The molecule has 1 aromatic rings. The molecule has 1 aromatic carbocycles. The van der Waals surface area contributed by atoms with E-state index in [4.69, 9.17) is 12.2 Å². The highest BCUT2D eigenvalue weighted by Gasteiger charge is 2.57. The van der Waals surface area contributed by atoms with E-state index in [1.54, 1.807) is 18.2 Å². The van der Waals surface area contributed by atoms with Crippen LogP contribution in [0.4, 0.5) is 18.9 Å². The Kier molecular flexibility index (Phi) is 3.33. The number of nitrogens with one attached hydrogen (secondary N) is 2. The maximum atomic E-state index is 13.8. The summed E-state index contributed by atoms with van der Waals surface area (Å²) in [6.45, 7) is -0.376. The zero-order chi connectivity index (χ0) is 15.1. The zero-order valence-electron chi connectivity index (χ0n) is 11.1. The molecule has 1 saturated carbocycles. The number of hydrogen-bond acceptors (Lipinski definition) is 1. The predicted octanol–water partition coefficient (Wildman–Crippen LogP) is 3.20. The second-order valence-electron chi connectivity index (χ2n) is 5.30. The third kappa shape index (κ3) is 2.58. The number of rotatable bonds is 0. The minimum Gasteiger partial charge on any atom is -0.360 e. The van der Waals surface area contributed by atoms with E-state index in [0.29, 0.717) is 5.69 Å². The van der Waals surface area contributed by atoms with Crippen LogP contribution in [0, 0.1) is 17.8 Å². The Bertz CT molecular complexity index is 640. The summed E-state index contributed by atoms with van der Waals surface area (Å²) in [4.78, 5) is 0. The molecule has 2 nitrogen and oxygen atoms in total. The number of hydrogen-bond donors (Lipinski definition) is 2. The van der Waals surface area contributed by atoms with Crippen LogP contribution in [0.2, 0.25) is 0 Å². The van der Waals surface area contributed by atoms with Gasteiger partial charge in [0.15, 0.2) is 10.5 Å². The van der Waals surface area contributed by atoms with Crippen molar-refractivity contribution in [1.29, 1.82) is 0 Å². The van der Waals surface area contributed by atoms with Gasteiger partial charge in [-0.25, -0.2) is 0 Å². The van der Waals surface area contributed by atoms with E-state index in [1.807, 2.05) is 0 Å². The van der Waals surface area contributed by atoms with Gasteiger partial charge < -0.3 is 10.6 Å². The fourth-order valence-corrected chi connectivity index (χ4v) is 2.51. The minimum absolute atomic E-state index is 0.0968. The first-order chi connectivity index (χ1) is 9.92. The average molecular weight is 310 g/mol. The van der Waals surface area contributed by atoms with Crippen LogP contribution in [0.3, 0.4) is 0 Å². The summed E-state index contributed by atoms with van der Waals surface area (Å²) in [7, 11) is 0. The maximum absolute atomic E-state index is 13.8. The van der Waals surface area contributed by atoms with Gasteiger partial charge >= 0.3 is 6.18 Å². The molecule has 0 amide bonds. The molecule has 1 unspecified atom stereocenters. The van der Waals surface area contributed by atoms with Crippen LogP contribution < -0.4 is 10.6 Å². The van der Waals surface area contributed by atoms with Gasteiger partial charge in [-0.1, -0.05) is 30.0 Å². The van der Waals surface area contributed by atoms with Gasteiger partial charge in [0.1, 0.15) is 0 Å². The quantitative estimate of drug-likeness (QED) is 0.568. The standard InChI is InChI=1S/C15H13F3N2S/c16-15(17,18)14(8-7-10-5-6-10)9-19-13(21)20-12-4-2-1-3-11(12)14/h1-4,10H,5-6,9H2,(H2,19,20,21). The number of thiocarbonyl (C=S) groups is 1. The molecular formula is C15H13F3N2S. The third-order valence-electron chi connectivity index (χ3n) is 3.70. The van der Waals surface area contributed by atoms with Gasteiger partial charge in [-0.2, -0.15) is 13.2 Å². The molecule has 1 atom stereocenters. The second kappa shape index (κ2) is 4.92. The Labute approximate surface area is 126 Å². The third-order valence-corrected chi connectivity index (χ3v) is 3.95. The Morgan fingerprint density at radius 2 is 1.95 bits per heavy atom.